The third kappa shape index (κ3) is 6.75. The van der Waals surface area contributed by atoms with Gasteiger partial charge in [-0.05, 0) is 171 Å². The third-order valence-electron chi connectivity index (χ3n) is 16.5. The zero-order chi connectivity index (χ0) is 48.4. The first-order valence-corrected chi connectivity index (χ1v) is 25.6. The summed E-state index contributed by atoms with van der Waals surface area (Å²) in [6.45, 7) is 23.3. The molecular formula is C67H62BN2. The van der Waals surface area contributed by atoms with Crippen molar-refractivity contribution in [3.63, 3.8) is 0 Å². The fourth-order valence-electron chi connectivity index (χ4n) is 13.0. The van der Waals surface area contributed by atoms with Gasteiger partial charge >= 0.3 is 0 Å². The molecule has 1 atom stereocenters. The van der Waals surface area contributed by atoms with Gasteiger partial charge < -0.3 is 10.2 Å². The average Bonchev–Trinajstić information content (AvgIpc) is 3.71. The molecule has 0 spiro atoms. The lowest BCUT2D eigenvalue weighted by Crippen LogP contribution is -2.41. The Morgan fingerprint density at radius 1 is 0.529 bits per heavy atom. The van der Waals surface area contributed by atoms with Crippen LogP contribution in [0.1, 0.15) is 110 Å². The van der Waals surface area contributed by atoms with Crippen molar-refractivity contribution in [2.24, 2.45) is 0 Å². The van der Waals surface area contributed by atoms with Gasteiger partial charge in [-0.1, -0.05) is 180 Å². The molecule has 12 rings (SSSR count). The standard InChI is InChI=1S/C67H62BN2/c1-11-18-40(3)45-26-30-60(41(4)33-45)70-61-38-58-53(50-22-15-17-24-56(50)67(58,9)10)37-59(61)68-64-54(34-46(35-62(64)70)63-42(5)31-39(2)32-43(63)6)51-28-25-44-19-12-13-20-48(44)65(51)69-47-27-29-57-52(36-47)49-21-14-16-23-55(49)66(57,7)8/h12-17,19-38,40,69H,11,18H2,1-10H3/t40-/m0/s1. The van der Waals surface area contributed by atoms with E-state index in [-0.39, 0.29) is 10.8 Å². The Morgan fingerprint density at radius 2 is 1.19 bits per heavy atom. The molecule has 0 saturated heterocycles. The van der Waals surface area contributed by atoms with Crippen molar-refractivity contribution in [1.29, 1.82) is 0 Å². The third-order valence-corrected chi connectivity index (χ3v) is 16.5. The van der Waals surface area contributed by atoms with Crippen LogP contribution in [0.2, 0.25) is 0 Å². The normalized spacial score (nSPS) is 14.8. The van der Waals surface area contributed by atoms with E-state index in [1.807, 2.05) is 0 Å². The highest BCUT2D eigenvalue weighted by atomic mass is 15.2. The first-order valence-electron chi connectivity index (χ1n) is 25.6. The molecule has 3 heteroatoms. The zero-order valence-electron chi connectivity index (χ0n) is 42.5. The molecule has 0 bridgehead atoms. The van der Waals surface area contributed by atoms with Crippen LogP contribution < -0.4 is 21.1 Å². The first kappa shape index (κ1) is 44.1. The van der Waals surface area contributed by atoms with Crippen molar-refractivity contribution in [3.05, 3.63) is 208 Å². The largest absolute Gasteiger partial charge is 0.354 e. The predicted octanol–water partition coefficient (Wildman–Crippen LogP) is 17.1. The van der Waals surface area contributed by atoms with E-state index < -0.39 is 0 Å². The molecule has 1 N–H and O–H groups in total. The van der Waals surface area contributed by atoms with E-state index in [9.17, 15) is 0 Å². The van der Waals surface area contributed by atoms with Gasteiger partial charge in [0.15, 0.2) is 7.28 Å². The molecule has 1 radical (unpaired) electrons. The molecule has 70 heavy (non-hydrogen) atoms. The molecule has 0 aromatic heterocycles. The molecule has 0 fully saturated rings. The lowest BCUT2D eigenvalue weighted by Gasteiger charge is -2.38. The summed E-state index contributed by atoms with van der Waals surface area (Å²) in [5.74, 6) is 0.492. The van der Waals surface area contributed by atoms with Crippen LogP contribution in [0.3, 0.4) is 0 Å². The van der Waals surface area contributed by atoms with E-state index in [1.54, 1.807) is 0 Å². The number of aryl methyl sites for hydroxylation is 4. The van der Waals surface area contributed by atoms with Crippen LogP contribution in [-0.4, -0.2) is 7.28 Å². The highest BCUT2D eigenvalue weighted by molar-refractivity contribution is 6.73. The Labute approximate surface area is 416 Å². The summed E-state index contributed by atoms with van der Waals surface area (Å²) in [5.41, 5.74) is 30.3. The maximum Gasteiger partial charge on any atom is 0.197 e. The van der Waals surface area contributed by atoms with Crippen LogP contribution in [0, 0.1) is 27.7 Å². The van der Waals surface area contributed by atoms with Gasteiger partial charge in [0, 0.05) is 44.5 Å². The van der Waals surface area contributed by atoms with E-state index in [4.69, 9.17) is 0 Å². The number of anilines is 5. The second-order valence-corrected chi connectivity index (χ2v) is 21.8. The maximum atomic E-state index is 4.12. The highest BCUT2D eigenvalue weighted by Crippen LogP contribution is 2.53. The maximum absolute atomic E-state index is 4.12. The van der Waals surface area contributed by atoms with Crippen molar-refractivity contribution in [2.45, 2.75) is 98.8 Å². The Morgan fingerprint density at radius 3 is 1.90 bits per heavy atom. The van der Waals surface area contributed by atoms with Gasteiger partial charge in [0.05, 0.1) is 5.69 Å². The Bertz CT molecular complexity index is 3620. The van der Waals surface area contributed by atoms with E-state index >= 15 is 0 Å². The molecule has 343 valence electrons. The van der Waals surface area contributed by atoms with Gasteiger partial charge in [-0.25, -0.2) is 0 Å². The topological polar surface area (TPSA) is 15.3 Å². The number of fused-ring (bicyclic) bond motifs is 9. The Balaban J connectivity index is 1.14. The number of hydrogen-bond donors (Lipinski definition) is 1. The predicted molar refractivity (Wildman–Crippen MR) is 302 cm³/mol. The monoisotopic (exact) mass is 906 g/mol. The van der Waals surface area contributed by atoms with Crippen LogP contribution in [0.15, 0.2) is 158 Å². The fraction of sp³-hybridized carbons (Fsp3) is 0.224. The van der Waals surface area contributed by atoms with E-state index in [1.165, 1.54) is 146 Å². The van der Waals surface area contributed by atoms with E-state index in [0.29, 0.717) is 5.92 Å². The summed E-state index contributed by atoms with van der Waals surface area (Å²) in [6.07, 6.45) is 2.34. The number of benzene rings is 9. The molecule has 3 aliphatic rings. The molecule has 9 aromatic rings. The van der Waals surface area contributed by atoms with Crippen LogP contribution >= 0.6 is 0 Å². The van der Waals surface area contributed by atoms with Crippen LogP contribution in [0.25, 0.3) is 55.3 Å². The smallest absolute Gasteiger partial charge is 0.197 e. The molecule has 1 heterocycles. The van der Waals surface area contributed by atoms with Crippen molar-refractivity contribution in [3.8, 4) is 44.5 Å². The van der Waals surface area contributed by atoms with Gasteiger partial charge in [-0.3, -0.25) is 0 Å². The van der Waals surface area contributed by atoms with Gasteiger partial charge in [-0.2, -0.15) is 0 Å². The SMILES string of the molecule is CCC[C@H](C)c1ccc(N2c3cc4c(cc3[B]c3c(-c5ccc6ccccc6c5Nc5ccc6c(c5)-c5ccccc5C6(C)C)cc(-c5c(C)cc(C)cc5C)cc32)-c2ccccc2C4(C)C)c(C)c1. The minimum atomic E-state index is -0.147. The second-order valence-electron chi connectivity index (χ2n) is 21.8. The molecular weight excluding hydrogens is 844 g/mol. The fourth-order valence-corrected chi connectivity index (χ4v) is 13.0. The van der Waals surface area contributed by atoms with Crippen molar-refractivity contribution in [2.75, 3.05) is 10.2 Å². The lowest BCUT2D eigenvalue weighted by molar-refractivity contribution is 0.660. The van der Waals surface area contributed by atoms with E-state index in [0.717, 1.165) is 11.4 Å². The molecule has 9 aromatic carbocycles. The van der Waals surface area contributed by atoms with Crippen molar-refractivity contribution in [1.82, 2.24) is 0 Å². The van der Waals surface area contributed by atoms with Crippen LogP contribution in [0.4, 0.5) is 28.4 Å². The number of hydrogen-bond acceptors (Lipinski definition) is 2. The minimum absolute atomic E-state index is 0.0663. The van der Waals surface area contributed by atoms with Crippen LogP contribution in [0.5, 0.6) is 0 Å². The Hall–Kier alpha value is -7.10. The molecule has 1 aliphatic heterocycles. The second kappa shape index (κ2) is 16.2. The van der Waals surface area contributed by atoms with Crippen LogP contribution in [-0.2, 0) is 10.8 Å². The summed E-state index contributed by atoms with van der Waals surface area (Å²) in [4.78, 5) is 2.62. The van der Waals surface area contributed by atoms with Crippen molar-refractivity contribution < 1.29 is 0 Å². The summed E-state index contributed by atoms with van der Waals surface area (Å²) < 4.78 is 0. The minimum Gasteiger partial charge on any atom is -0.354 e. The summed E-state index contributed by atoms with van der Waals surface area (Å²) in [5, 5.41) is 6.52. The molecule has 0 amide bonds. The summed E-state index contributed by atoms with van der Waals surface area (Å²) in [7, 11) is 2.50. The quantitative estimate of drug-likeness (QED) is 0.153. The average molecular weight is 906 g/mol. The van der Waals surface area contributed by atoms with Gasteiger partial charge in [0.2, 0.25) is 0 Å². The summed E-state index contributed by atoms with van der Waals surface area (Å²) >= 11 is 0. The van der Waals surface area contributed by atoms with Gasteiger partial charge in [0.25, 0.3) is 0 Å². The van der Waals surface area contributed by atoms with Gasteiger partial charge in [0.1, 0.15) is 0 Å². The van der Waals surface area contributed by atoms with E-state index in [2.05, 4.69) is 244 Å². The Kier molecular flexibility index (Phi) is 10.2. The first-order chi connectivity index (χ1) is 33.7. The molecule has 2 nitrogen and oxygen atoms in total. The highest BCUT2D eigenvalue weighted by Gasteiger charge is 2.39. The number of rotatable bonds is 8. The number of nitrogens with one attached hydrogen (secondary N) is 1. The van der Waals surface area contributed by atoms with Crippen molar-refractivity contribution >= 4 is 57.4 Å². The summed E-state index contributed by atoms with van der Waals surface area (Å²) in [6, 6.07) is 60.6. The molecule has 0 saturated carbocycles. The zero-order valence-corrected chi connectivity index (χ0v) is 42.5. The number of nitrogens with zero attached hydrogens (tertiary/aromatic N) is 1. The molecule has 2 aliphatic carbocycles. The molecule has 0 unspecified atom stereocenters. The lowest BCUT2D eigenvalue weighted by atomic mass is 9.57. The van der Waals surface area contributed by atoms with Gasteiger partial charge in [-0.15, -0.1) is 0 Å².